The monoisotopic (exact) mass is 427 g/mol. The summed E-state index contributed by atoms with van der Waals surface area (Å²) >= 11 is 5.89. The molecular weight excluding hydrogens is 407 g/mol. The highest BCUT2D eigenvalue weighted by Gasteiger charge is 2.33. The van der Waals surface area contributed by atoms with Crippen LogP contribution in [0.5, 0.6) is 0 Å². The maximum absolute atomic E-state index is 13.1. The van der Waals surface area contributed by atoms with Crippen molar-refractivity contribution < 1.29 is 22.8 Å². The van der Waals surface area contributed by atoms with E-state index in [9.17, 15) is 22.8 Å². The second-order valence-corrected chi connectivity index (χ2v) is 6.77. The van der Waals surface area contributed by atoms with Crippen LogP contribution in [-0.2, 0) is 15.8 Å². The van der Waals surface area contributed by atoms with E-state index in [-0.39, 0.29) is 18.1 Å². The molecule has 156 valence electrons. The van der Waals surface area contributed by atoms with Crippen LogP contribution >= 0.6 is 11.6 Å². The first-order valence-electron chi connectivity index (χ1n) is 8.88. The Kier molecular flexibility index (Phi) is 7.64. The Morgan fingerprint density at radius 3 is 2.41 bits per heavy atom. The summed E-state index contributed by atoms with van der Waals surface area (Å²) in [6.45, 7) is 3.46. The number of nitrogens with zero attached hydrogens (tertiary/aromatic N) is 1. The Bertz CT molecular complexity index is 874. The van der Waals surface area contributed by atoms with E-state index in [1.54, 1.807) is 43.0 Å². The zero-order chi connectivity index (χ0) is 21.6. The van der Waals surface area contributed by atoms with Gasteiger partial charge in [-0.2, -0.15) is 13.2 Å². The molecule has 0 aliphatic heterocycles. The second-order valence-electron chi connectivity index (χ2n) is 6.33. The van der Waals surface area contributed by atoms with Gasteiger partial charge in [-0.1, -0.05) is 36.7 Å². The molecule has 2 aromatic rings. The van der Waals surface area contributed by atoms with Gasteiger partial charge in [0.05, 0.1) is 23.8 Å². The number of rotatable bonds is 7. The smallest absolute Gasteiger partial charge is 0.325 e. The minimum Gasteiger partial charge on any atom is -0.325 e. The number of anilines is 2. The Hall–Kier alpha value is -2.58. The van der Waals surface area contributed by atoms with Crippen LogP contribution in [-0.4, -0.2) is 35.8 Å². The molecule has 0 bridgehead atoms. The topological polar surface area (TPSA) is 61.4 Å². The predicted octanol–water partition coefficient (Wildman–Crippen LogP) is 4.65. The van der Waals surface area contributed by atoms with E-state index >= 15 is 0 Å². The summed E-state index contributed by atoms with van der Waals surface area (Å²) in [5.41, 5.74) is -0.741. The van der Waals surface area contributed by atoms with Crippen molar-refractivity contribution in [1.29, 1.82) is 0 Å². The van der Waals surface area contributed by atoms with Gasteiger partial charge in [-0.05, 0) is 43.8 Å². The number of para-hydroxylation sites is 1. The van der Waals surface area contributed by atoms with Gasteiger partial charge in [0.1, 0.15) is 0 Å². The largest absolute Gasteiger partial charge is 0.418 e. The maximum Gasteiger partial charge on any atom is 0.418 e. The first kappa shape index (κ1) is 22.7. The Labute approximate surface area is 171 Å². The third-order valence-corrected chi connectivity index (χ3v) is 4.51. The van der Waals surface area contributed by atoms with Gasteiger partial charge in [0.2, 0.25) is 11.8 Å². The molecule has 0 radical (unpaired) electrons. The molecular formula is C20H21ClF3N3O2. The van der Waals surface area contributed by atoms with Crippen molar-refractivity contribution in [3.8, 4) is 0 Å². The molecule has 0 spiro atoms. The number of hydrogen-bond donors (Lipinski definition) is 2. The molecule has 0 aliphatic rings. The number of hydrogen-bond acceptors (Lipinski definition) is 3. The van der Waals surface area contributed by atoms with Crippen LogP contribution in [0.25, 0.3) is 0 Å². The average Bonchev–Trinajstić information content (AvgIpc) is 2.65. The standard InChI is InChI=1S/C20H21ClF3N3O2/c1-3-27(13(2)19(29)25-15-8-6-7-14(21)11-15)12-18(28)26-17-10-5-4-9-16(17)20(22,23)24/h4-11,13H,3,12H2,1-2H3,(H,25,29)(H,26,28). The molecule has 0 aliphatic carbocycles. The van der Waals surface area contributed by atoms with E-state index in [2.05, 4.69) is 10.6 Å². The fourth-order valence-corrected chi connectivity index (χ4v) is 2.91. The quantitative estimate of drug-likeness (QED) is 0.676. The van der Waals surface area contributed by atoms with Gasteiger partial charge in [0.25, 0.3) is 0 Å². The van der Waals surface area contributed by atoms with Gasteiger partial charge in [-0.25, -0.2) is 0 Å². The molecule has 0 saturated heterocycles. The van der Waals surface area contributed by atoms with E-state index in [0.717, 1.165) is 6.07 Å². The summed E-state index contributed by atoms with van der Waals surface area (Å²) in [4.78, 5) is 26.3. The van der Waals surface area contributed by atoms with Gasteiger partial charge in [0.15, 0.2) is 0 Å². The highest BCUT2D eigenvalue weighted by atomic mass is 35.5. The highest BCUT2D eigenvalue weighted by Crippen LogP contribution is 2.34. The van der Waals surface area contributed by atoms with Crippen molar-refractivity contribution in [3.05, 3.63) is 59.1 Å². The third kappa shape index (κ3) is 6.47. The highest BCUT2D eigenvalue weighted by molar-refractivity contribution is 6.30. The molecule has 2 N–H and O–H groups in total. The molecule has 0 aromatic heterocycles. The van der Waals surface area contributed by atoms with Crippen molar-refractivity contribution in [2.75, 3.05) is 23.7 Å². The summed E-state index contributed by atoms with van der Waals surface area (Å²) in [5.74, 6) is -1.01. The molecule has 29 heavy (non-hydrogen) atoms. The van der Waals surface area contributed by atoms with Crippen LogP contribution < -0.4 is 10.6 Å². The fraction of sp³-hybridized carbons (Fsp3) is 0.300. The Balaban J connectivity index is 2.03. The summed E-state index contributed by atoms with van der Waals surface area (Å²) in [7, 11) is 0. The van der Waals surface area contributed by atoms with Gasteiger partial charge in [0, 0.05) is 10.7 Å². The summed E-state index contributed by atoms with van der Waals surface area (Å²) in [6.07, 6.45) is -4.58. The molecule has 1 unspecified atom stereocenters. The summed E-state index contributed by atoms with van der Waals surface area (Å²) in [6, 6.07) is 10.7. The SMILES string of the molecule is CCN(CC(=O)Nc1ccccc1C(F)(F)F)C(C)C(=O)Nc1cccc(Cl)c1. The molecule has 2 aromatic carbocycles. The number of likely N-dealkylation sites (N-methyl/N-ethyl adjacent to an activating group) is 1. The van der Waals surface area contributed by atoms with Crippen molar-refractivity contribution in [3.63, 3.8) is 0 Å². The molecule has 2 rings (SSSR count). The van der Waals surface area contributed by atoms with Crippen LogP contribution in [0.15, 0.2) is 48.5 Å². The second kappa shape index (κ2) is 9.76. The number of nitrogens with one attached hydrogen (secondary N) is 2. The lowest BCUT2D eigenvalue weighted by Gasteiger charge is -2.26. The number of benzene rings is 2. The van der Waals surface area contributed by atoms with Crippen molar-refractivity contribution in [1.82, 2.24) is 4.90 Å². The van der Waals surface area contributed by atoms with Crippen molar-refractivity contribution in [2.45, 2.75) is 26.1 Å². The molecule has 2 amide bonds. The van der Waals surface area contributed by atoms with Crippen LogP contribution in [0.2, 0.25) is 5.02 Å². The van der Waals surface area contributed by atoms with E-state index in [4.69, 9.17) is 11.6 Å². The molecule has 1 atom stereocenters. The number of carbonyl (C=O) groups excluding carboxylic acids is 2. The minimum atomic E-state index is -4.58. The first-order valence-corrected chi connectivity index (χ1v) is 9.26. The lowest BCUT2D eigenvalue weighted by molar-refractivity contribution is -0.137. The van der Waals surface area contributed by atoms with E-state index in [1.807, 2.05) is 0 Å². The number of alkyl halides is 3. The number of amides is 2. The average molecular weight is 428 g/mol. The van der Waals surface area contributed by atoms with E-state index in [0.29, 0.717) is 17.3 Å². The number of halogens is 4. The Morgan fingerprint density at radius 2 is 1.79 bits per heavy atom. The zero-order valence-corrected chi connectivity index (χ0v) is 16.6. The maximum atomic E-state index is 13.1. The van der Waals surface area contributed by atoms with Crippen LogP contribution in [0.1, 0.15) is 19.4 Å². The molecule has 0 fully saturated rings. The molecule has 0 heterocycles. The van der Waals surface area contributed by atoms with Crippen LogP contribution in [0, 0.1) is 0 Å². The third-order valence-electron chi connectivity index (χ3n) is 4.28. The van der Waals surface area contributed by atoms with Crippen molar-refractivity contribution in [2.24, 2.45) is 0 Å². The summed E-state index contributed by atoms with van der Waals surface area (Å²) in [5, 5.41) is 5.45. The van der Waals surface area contributed by atoms with Crippen LogP contribution in [0.4, 0.5) is 24.5 Å². The lowest BCUT2D eigenvalue weighted by atomic mass is 10.1. The lowest BCUT2D eigenvalue weighted by Crippen LogP contribution is -2.45. The first-order chi connectivity index (χ1) is 13.6. The molecule has 5 nitrogen and oxygen atoms in total. The van der Waals surface area contributed by atoms with E-state index < -0.39 is 23.7 Å². The van der Waals surface area contributed by atoms with Crippen molar-refractivity contribution >= 4 is 34.8 Å². The predicted molar refractivity (Wildman–Crippen MR) is 107 cm³/mol. The van der Waals surface area contributed by atoms with E-state index in [1.165, 1.54) is 18.2 Å². The molecule has 9 heteroatoms. The number of carbonyl (C=O) groups is 2. The van der Waals surface area contributed by atoms with Gasteiger partial charge >= 0.3 is 6.18 Å². The van der Waals surface area contributed by atoms with Crippen LogP contribution in [0.3, 0.4) is 0 Å². The minimum absolute atomic E-state index is 0.243. The van der Waals surface area contributed by atoms with Gasteiger partial charge in [-0.15, -0.1) is 0 Å². The summed E-state index contributed by atoms with van der Waals surface area (Å²) < 4.78 is 39.2. The fourth-order valence-electron chi connectivity index (χ4n) is 2.71. The van der Waals surface area contributed by atoms with Gasteiger partial charge in [-0.3, -0.25) is 14.5 Å². The Morgan fingerprint density at radius 1 is 1.10 bits per heavy atom. The molecule has 0 saturated carbocycles. The normalized spacial score (nSPS) is 12.5. The zero-order valence-electron chi connectivity index (χ0n) is 15.9. The van der Waals surface area contributed by atoms with Gasteiger partial charge < -0.3 is 10.6 Å².